The summed E-state index contributed by atoms with van der Waals surface area (Å²) in [6.07, 6.45) is 1.25. The van der Waals surface area contributed by atoms with Crippen molar-refractivity contribution in [1.82, 2.24) is 0 Å². The Hall–Kier alpha value is -0.603. The molecule has 0 saturated carbocycles. The van der Waals surface area contributed by atoms with E-state index in [-0.39, 0.29) is 0 Å². The first-order chi connectivity index (χ1) is 7.33. The van der Waals surface area contributed by atoms with Crippen LogP contribution in [0.1, 0.15) is 13.3 Å². The van der Waals surface area contributed by atoms with E-state index in [1.807, 2.05) is 0 Å². The van der Waals surface area contributed by atoms with E-state index in [4.69, 9.17) is 0 Å². The van der Waals surface area contributed by atoms with Crippen LogP contribution in [0.15, 0.2) is 42.5 Å². The molecule has 0 unspecified atom stereocenters. The van der Waals surface area contributed by atoms with Gasteiger partial charge in [0, 0.05) is 0 Å². The predicted molar refractivity (Wildman–Crippen MR) is 73.4 cm³/mol. The topological polar surface area (TPSA) is 0 Å². The number of hydrogen-bond acceptors (Lipinski definition) is 0. The maximum Gasteiger partial charge on any atom is 0.170 e. The molecule has 0 N–H and O–H groups in total. The standard InChI is InChI=1S/C13H14BrSi/c1-2-10-15(14)13-9-5-7-11-6-3-4-8-12(11)13/h3-9H,2,10H2,1H3. The van der Waals surface area contributed by atoms with E-state index in [1.54, 1.807) is 0 Å². The number of rotatable bonds is 3. The Kier molecular flexibility index (Phi) is 3.60. The Morgan fingerprint density at radius 1 is 1.07 bits per heavy atom. The molecular weight excluding hydrogens is 264 g/mol. The molecule has 0 bridgehead atoms. The molecule has 2 aromatic carbocycles. The normalized spacial score (nSPS) is 11.1. The molecule has 77 valence electrons. The Balaban J connectivity index is 2.50. The SMILES string of the molecule is CCC[Si](Br)c1cccc2ccccc12. The average molecular weight is 278 g/mol. The lowest BCUT2D eigenvalue weighted by atomic mass is 10.1. The molecular formula is C13H14BrSi. The van der Waals surface area contributed by atoms with Gasteiger partial charge in [0.25, 0.3) is 0 Å². The van der Waals surface area contributed by atoms with E-state index >= 15 is 0 Å². The lowest BCUT2D eigenvalue weighted by Crippen LogP contribution is -2.23. The minimum absolute atomic E-state index is 0.531. The minimum atomic E-state index is -0.531. The van der Waals surface area contributed by atoms with Gasteiger partial charge in [-0.25, -0.2) is 0 Å². The van der Waals surface area contributed by atoms with Crippen molar-refractivity contribution < 1.29 is 0 Å². The van der Waals surface area contributed by atoms with Gasteiger partial charge in [0.05, 0.1) is 0 Å². The Labute approximate surface area is 101 Å². The van der Waals surface area contributed by atoms with Crippen molar-refractivity contribution in [2.45, 2.75) is 19.4 Å². The van der Waals surface area contributed by atoms with Gasteiger partial charge in [-0.15, -0.1) is 15.3 Å². The number of benzene rings is 2. The minimum Gasteiger partial charge on any atom is -0.122 e. The second-order valence-electron chi connectivity index (χ2n) is 3.68. The second-order valence-corrected chi connectivity index (χ2v) is 8.40. The largest absolute Gasteiger partial charge is 0.170 e. The summed E-state index contributed by atoms with van der Waals surface area (Å²) in [5.74, 6) is 0. The molecule has 2 heteroatoms. The molecule has 0 aliphatic rings. The molecule has 0 atom stereocenters. The van der Waals surface area contributed by atoms with Crippen LogP contribution >= 0.6 is 15.3 Å². The first-order valence-corrected chi connectivity index (χ1v) is 9.29. The summed E-state index contributed by atoms with van der Waals surface area (Å²) in [5.41, 5.74) is 0. The summed E-state index contributed by atoms with van der Waals surface area (Å²) < 4.78 is 0. The fourth-order valence-corrected chi connectivity index (χ4v) is 5.55. The molecule has 1 radical (unpaired) electrons. The predicted octanol–water partition coefficient (Wildman–Crippen LogP) is 3.84. The van der Waals surface area contributed by atoms with Gasteiger partial charge >= 0.3 is 0 Å². The third-order valence-electron chi connectivity index (χ3n) is 2.55. The first-order valence-electron chi connectivity index (χ1n) is 5.32. The van der Waals surface area contributed by atoms with Crippen molar-refractivity contribution in [3.8, 4) is 0 Å². The maximum absolute atomic E-state index is 3.87. The molecule has 0 fully saturated rings. The average Bonchev–Trinajstić information content (AvgIpc) is 2.28. The zero-order valence-electron chi connectivity index (χ0n) is 8.83. The van der Waals surface area contributed by atoms with Crippen molar-refractivity contribution in [3.63, 3.8) is 0 Å². The molecule has 2 aromatic rings. The highest BCUT2D eigenvalue weighted by Crippen LogP contribution is 2.15. The van der Waals surface area contributed by atoms with Crippen LogP contribution in [0.3, 0.4) is 0 Å². The van der Waals surface area contributed by atoms with Crippen molar-refractivity contribution in [3.05, 3.63) is 42.5 Å². The fraction of sp³-hybridized carbons (Fsp3) is 0.231. The Bertz CT molecular complexity index is 448. The third kappa shape index (κ3) is 2.32. The van der Waals surface area contributed by atoms with E-state index in [2.05, 4.69) is 64.7 Å². The van der Waals surface area contributed by atoms with Crippen LogP contribution in [0.4, 0.5) is 0 Å². The van der Waals surface area contributed by atoms with Crippen LogP contribution in [0.2, 0.25) is 6.04 Å². The monoisotopic (exact) mass is 277 g/mol. The van der Waals surface area contributed by atoms with Gasteiger partial charge in [0.2, 0.25) is 0 Å². The quantitative estimate of drug-likeness (QED) is 0.591. The highest BCUT2D eigenvalue weighted by atomic mass is 79.9. The highest BCUT2D eigenvalue weighted by molar-refractivity contribution is 9.25. The van der Waals surface area contributed by atoms with Crippen molar-refractivity contribution in [1.29, 1.82) is 0 Å². The van der Waals surface area contributed by atoms with Crippen molar-refractivity contribution in [2.75, 3.05) is 0 Å². The lowest BCUT2D eigenvalue weighted by molar-refractivity contribution is 1.08. The van der Waals surface area contributed by atoms with Gasteiger partial charge < -0.3 is 0 Å². The van der Waals surface area contributed by atoms with E-state index in [0.717, 1.165) is 0 Å². The lowest BCUT2D eigenvalue weighted by Gasteiger charge is -2.09. The van der Waals surface area contributed by atoms with E-state index in [0.29, 0.717) is 0 Å². The van der Waals surface area contributed by atoms with Crippen molar-refractivity contribution >= 4 is 38.7 Å². The van der Waals surface area contributed by atoms with E-state index in [9.17, 15) is 0 Å². The van der Waals surface area contributed by atoms with Crippen molar-refractivity contribution in [2.24, 2.45) is 0 Å². The summed E-state index contributed by atoms with van der Waals surface area (Å²) >= 11 is 3.87. The van der Waals surface area contributed by atoms with Gasteiger partial charge in [-0.1, -0.05) is 55.8 Å². The summed E-state index contributed by atoms with van der Waals surface area (Å²) in [4.78, 5) is 0. The van der Waals surface area contributed by atoms with Gasteiger partial charge in [0.15, 0.2) is 7.42 Å². The summed E-state index contributed by atoms with van der Waals surface area (Å²) in [7, 11) is -0.531. The van der Waals surface area contributed by atoms with Crippen LogP contribution < -0.4 is 5.19 Å². The van der Waals surface area contributed by atoms with Crippen LogP contribution in [-0.4, -0.2) is 7.42 Å². The molecule has 2 rings (SSSR count). The third-order valence-corrected chi connectivity index (χ3v) is 6.98. The number of halogens is 1. The zero-order valence-corrected chi connectivity index (χ0v) is 11.4. The number of fused-ring (bicyclic) bond motifs is 1. The highest BCUT2D eigenvalue weighted by Gasteiger charge is 2.11. The fourth-order valence-electron chi connectivity index (χ4n) is 1.82. The first kappa shape index (κ1) is 10.9. The maximum atomic E-state index is 3.87. The van der Waals surface area contributed by atoms with Crippen LogP contribution in [-0.2, 0) is 0 Å². The van der Waals surface area contributed by atoms with Gasteiger partial charge in [-0.05, 0) is 22.0 Å². The van der Waals surface area contributed by atoms with Crippen LogP contribution in [0.25, 0.3) is 10.8 Å². The molecule has 0 saturated heterocycles. The number of hydrogen-bond donors (Lipinski definition) is 0. The molecule has 15 heavy (non-hydrogen) atoms. The smallest absolute Gasteiger partial charge is 0.122 e. The van der Waals surface area contributed by atoms with Gasteiger partial charge in [-0.2, -0.15) is 0 Å². The molecule has 0 aliphatic heterocycles. The summed E-state index contributed by atoms with van der Waals surface area (Å²) in [6, 6.07) is 16.6. The summed E-state index contributed by atoms with van der Waals surface area (Å²) in [6.45, 7) is 2.25. The molecule has 0 nitrogen and oxygen atoms in total. The van der Waals surface area contributed by atoms with E-state index < -0.39 is 7.42 Å². The Morgan fingerprint density at radius 3 is 2.60 bits per heavy atom. The van der Waals surface area contributed by atoms with Gasteiger partial charge in [0.1, 0.15) is 0 Å². The van der Waals surface area contributed by atoms with E-state index in [1.165, 1.54) is 28.4 Å². The summed E-state index contributed by atoms with van der Waals surface area (Å²) in [5, 5.41) is 4.28. The molecule has 0 amide bonds. The molecule has 0 aromatic heterocycles. The Morgan fingerprint density at radius 2 is 1.80 bits per heavy atom. The second kappa shape index (κ2) is 4.95. The van der Waals surface area contributed by atoms with Crippen LogP contribution in [0, 0.1) is 0 Å². The molecule has 0 aliphatic carbocycles. The van der Waals surface area contributed by atoms with Crippen LogP contribution in [0.5, 0.6) is 0 Å². The zero-order chi connectivity index (χ0) is 10.7. The van der Waals surface area contributed by atoms with Gasteiger partial charge in [-0.3, -0.25) is 0 Å². The molecule has 0 heterocycles. The molecule has 0 spiro atoms.